The smallest absolute Gasteiger partial charge is 0.340 e. The minimum Gasteiger partial charge on any atom is -0.493 e. The second-order valence-electron chi connectivity index (χ2n) is 8.79. The fourth-order valence-corrected chi connectivity index (χ4v) is 4.40. The van der Waals surface area contributed by atoms with Gasteiger partial charge in [-0.05, 0) is 42.0 Å². The molecule has 2 aromatic carbocycles. The van der Waals surface area contributed by atoms with Crippen LogP contribution in [0.5, 0.6) is 11.5 Å². The van der Waals surface area contributed by atoms with Gasteiger partial charge in [-0.2, -0.15) is 5.10 Å². The van der Waals surface area contributed by atoms with Crippen molar-refractivity contribution in [2.45, 2.75) is 12.5 Å². The number of furan rings is 2. The third-order valence-electron chi connectivity index (χ3n) is 6.28. The molecule has 0 spiro atoms. The van der Waals surface area contributed by atoms with Gasteiger partial charge in [0.1, 0.15) is 11.8 Å². The molecule has 41 heavy (non-hydrogen) atoms. The van der Waals surface area contributed by atoms with E-state index in [2.05, 4.69) is 10.4 Å². The molecule has 0 bridgehead atoms. The molecule has 0 saturated carbocycles. The van der Waals surface area contributed by atoms with Crippen molar-refractivity contribution in [2.24, 2.45) is 5.10 Å². The summed E-state index contributed by atoms with van der Waals surface area (Å²) in [6, 6.07) is 15.8. The summed E-state index contributed by atoms with van der Waals surface area (Å²) in [6.45, 7) is -0.632. The Kier molecular flexibility index (Phi) is 8.06. The molecule has 210 valence electrons. The molecular formula is C29H24ClN3O8. The van der Waals surface area contributed by atoms with Crippen molar-refractivity contribution in [2.75, 3.05) is 26.1 Å². The maximum atomic E-state index is 13.3. The van der Waals surface area contributed by atoms with Crippen LogP contribution in [0.15, 0.2) is 87.1 Å². The Hall–Kier alpha value is -5.03. The van der Waals surface area contributed by atoms with Gasteiger partial charge in [-0.3, -0.25) is 9.59 Å². The SMILES string of the molecule is COc1cc(NC(=O)c2ccco2)c(C(=O)OCC(=O)N2N=C(c3ccc(Cl)cc3)C[C@H]2c2ccco2)cc1OC. The first-order valence-electron chi connectivity index (χ1n) is 12.3. The molecule has 0 saturated heterocycles. The van der Waals surface area contributed by atoms with Gasteiger partial charge in [0.05, 0.1) is 43.7 Å². The minimum absolute atomic E-state index is 0.0293. The Morgan fingerprint density at radius 3 is 2.37 bits per heavy atom. The second-order valence-corrected chi connectivity index (χ2v) is 9.22. The number of nitrogens with one attached hydrogen (secondary N) is 1. The van der Waals surface area contributed by atoms with Crippen molar-refractivity contribution in [3.05, 3.63) is 101 Å². The van der Waals surface area contributed by atoms with Gasteiger partial charge in [-0.25, -0.2) is 9.80 Å². The van der Waals surface area contributed by atoms with Crippen molar-refractivity contribution >= 4 is 40.8 Å². The van der Waals surface area contributed by atoms with Crippen LogP contribution < -0.4 is 14.8 Å². The number of esters is 1. The van der Waals surface area contributed by atoms with Crippen LogP contribution in [0.3, 0.4) is 0 Å². The maximum absolute atomic E-state index is 13.3. The first-order valence-corrected chi connectivity index (χ1v) is 12.7. The van der Waals surface area contributed by atoms with Crippen LogP contribution in [0.2, 0.25) is 5.02 Å². The summed E-state index contributed by atoms with van der Waals surface area (Å²) < 4.78 is 26.7. The zero-order valence-corrected chi connectivity index (χ0v) is 22.7. The molecule has 1 atom stereocenters. The number of carbonyl (C=O) groups is 3. The third kappa shape index (κ3) is 5.94. The lowest BCUT2D eigenvalue weighted by Gasteiger charge is -2.20. The molecule has 0 radical (unpaired) electrons. The Labute approximate surface area is 239 Å². The van der Waals surface area contributed by atoms with E-state index in [0.29, 0.717) is 22.9 Å². The molecule has 3 heterocycles. The van der Waals surface area contributed by atoms with Crippen LogP contribution in [-0.4, -0.2) is 49.3 Å². The zero-order chi connectivity index (χ0) is 28.9. The van der Waals surface area contributed by atoms with Gasteiger partial charge in [-0.1, -0.05) is 23.7 Å². The maximum Gasteiger partial charge on any atom is 0.340 e. The largest absolute Gasteiger partial charge is 0.493 e. The number of nitrogens with zero attached hydrogens (tertiary/aromatic N) is 2. The summed E-state index contributed by atoms with van der Waals surface area (Å²) in [7, 11) is 2.81. The van der Waals surface area contributed by atoms with Gasteiger partial charge in [-0.15, -0.1) is 0 Å². The highest BCUT2D eigenvalue weighted by molar-refractivity contribution is 6.30. The quantitative estimate of drug-likeness (QED) is 0.264. The fraction of sp³-hybridized carbons (Fsp3) is 0.172. The van der Waals surface area contributed by atoms with Crippen LogP contribution in [0, 0.1) is 0 Å². The second kappa shape index (κ2) is 12.0. The lowest BCUT2D eigenvalue weighted by atomic mass is 10.0. The van der Waals surface area contributed by atoms with Crippen LogP contribution in [0.1, 0.15) is 44.7 Å². The predicted octanol–water partition coefficient (Wildman–Crippen LogP) is 5.33. The lowest BCUT2D eigenvalue weighted by Crippen LogP contribution is -2.31. The Morgan fingerprint density at radius 1 is 1.00 bits per heavy atom. The summed E-state index contributed by atoms with van der Waals surface area (Å²) in [6.07, 6.45) is 3.24. The number of methoxy groups -OCH3 is 2. The van der Waals surface area contributed by atoms with Gasteiger partial charge >= 0.3 is 5.97 Å². The highest BCUT2D eigenvalue weighted by Crippen LogP contribution is 2.35. The van der Waals surface area contributed by atoms with Crippen molar-refractivity contribution in [1.82, 2.24) is 5.01 Å². The topological polar surface area (TPSA) is 133 Å². The number of anilines is 1. The zero-order valence-electron chi connectivity index (χ0n) is 22.0. The molecule has 11 nitrogen and oxygen atoms in total. The fourth-order valence-electron chi connectivity index (χ4n) is 4.27. The molecule has 0 aliphatic carbocycles. The van der Waals surface area contributed by atoms with Crippen LogP contribution >= 0.6 is 11.6 Å². The van der Waals surface area contributed by atoms with Crippen molar-refractivity contribution in [3.8, 4) is 11.5 Å². The third-order valence-corrected chi connectivity index (χ3v) is 6.53. The van der Waals surface area contributed by atoms with Gasteiger partial charge in [0.25, 0.3) is 11.8 Å². The summed E-state index contributed by atoms with van der Waals surface area (Å²) in [5.41, 5.74) is 1.44. The summed E-state index contributed by atoms with van der Waals surface area (Å²) in [5, 5.41) is 8.94. The molecule has 1 N–H and O–H groups in total. The molecule has 1 aliphatic rings. The number of halogens is 1. The number of amides is 2. The number of ether oxygens (including phenoxy) is 3. The van der Waals surface area contributed by atoms with Gasteiger partial charge in [0.15, 0.2) is 23.9 Å². The lowest BCUT2D eigenvalue weighted by molar-refractivity contribution is -0.136. The average molecular weight is 578 g/mol. The van der Waals surface area contributed by atoms with Crippen molar-refractivity contribution in [3.63, 3.8) is 0 Å². The Bertz CT molecular complexity index is 1580. The van der Waals surface area contributed by atoms with E-state index in [4.69, 9.17) is 34.6 Å². The number of hydrogen-bond acceptors (Lipinski definition) is 9. The van der Waals surface area contributed by atoms with Crippen molar-refractivity contribution < 1.29 is 37.4 Å². The number of hydrogen-bond donors (Lipinski definition) is 1. The van der Waals surface area contributed by atoms with Crippen LogP contribution in [0.25, 0.3) is 0 Å². The molecule has 0 fully saturated rings. The van der Waals surface area contributed by atoms with E-state index in [1.165, 1.54) is 50.0 Å². The molecule has 5 rings (SSSR count). The number of benzene rings is 2. The van der Waals surface area contributed by atoms with Crippen molar-refractivity contribution in [1.29, 1.82) is 0 Å². The van der Waals surface area contributed by atoms with E-state index in [9.17, 15) is 14.4 Å². The molecule has 12 heteroatoms. The van der Waals surface area contributed by atoms with E-state index >= 15 is 0 Å². The molecule has 1 aliphatic heterocycles. The first kappa shape index (κ1) is 27.5. The normalized spacial score (nSPS) is 14.4. The average Bonchev–Trinajstić information content (AvgIpc) is 3.78. The van der Waals surface area contributed by atoms with E-state index in [0.717, 1.165) is 5.56 Å². The monoisotopic (exact) mass is 577 g/mol. The standard InChI is InChI=1S/C29H24ClN3O8/c1-37-25-13-19(21(15-26(25)38-2)31-28(35)24-6-4-12-40-24)29(36)41-16-27(34)33-22(23-5-3-11-39-23)14-20(32-33)17-7-9-18(30)10-8-17/h3-13,15,22H,14,16H2,1-2H3,(H,31,35)/t22-/m0/s1. The van der Waals surface area contributed by atoms with Crippen LogP contribution in [0.4, 0.5) is 5.69 Å². The predicted molar refractivity (Wildman–Crippen MR) is 147 cm³/mol. The van der Waals surface area contributed by atoms with Gasteiger partial charge < -0.3 is 28.4 Å². The number of rotatable bonds is 9. The highest BCUT2D eigenvalue weighted by Gasteiger charge is 2.35. The highest BCUT2D eigenvalue weighted by atomic mass is 35.5. The van der Waals surface area contributed by atoms with E-state index in [-0.39, 0.29) is 28.5 Å². The van der Waals surface area contributed by atoms with E-state index in [1.54, 1.807) is 30.3 Å². The first-order chi connectivity index (χ1) is 19.9. The minimum atomic E-state index is -0.885. The summed E-state index contributed by atoms with van der Waals surface area (Å²) in [5.74, 6) is -1.03. The van der Waals surface area contributed by atoms with E-state index < -0.39 is 30.4 Å². The molecule has 2 amide bonds. The van der Waals surface area contributed by atoms with Gasteiger partial charge in [0, 0.05) is 23.6 Å². The summed E-state index contributed by atoms with van der Waals surface area (Å²) in [4.78, 5) is 39.2. The Morgan fingerprint density at radius 2 is 1.71 bits per heavy atom. The van der Waals surface area contributed by atoms with E-state index in [1.807, 2.05) is 12.1 Å². The number of hydrazone groups is 1. The number of carbonyl (C=O) groups excluding carboxylic acids is 3. The molecule has 2 aromatic heterocycles. The molecular weight excluding hydrogens is 554 g/mol. The Balaban J connectivity index is 1.37. The molecule has 0 unspecified atom stereocenters. The molecule has 4 aromatic rings. The van der Waals surface area contributed by atoms with Gasteiger partial charge in [0.2, 0.25) is 0 Å². The summed E-state index contributed by atoms with van der Waals surface area (Å²) >= 11 is 6.02. The van der Waals surface area contributed by atoms with Crippen LogP contribution in [-0.2, 0) is 9.53 Å².